The Morgan fingerprint density at radius 1 is 0.800 bits per heavy atom. The fourth-order valence-electron chi connectivity index (χ4n) is 12.1. The number of halogens is 2. The summed E-state index contributed by atoms with van der Waals surface area (Å²) in [6, 6.07) is 30.7. The summed E-state index contributed by atoms with van der Waals surface area (Å²) in [5.74, 6) is 0.625. The summed E-state index contributed by atoms with van der Waals surface area (Å²) in [4.78, 5) is 55.4. The van der Waals surface area contributed by atoms with Crippen molar-refractivity contribution in [3.63, 3.8) is 0 Å². The van der Waals surface area contributed by atoms with Gasteiger partial charge in [0.2, 0.25) is 5.91 Å². The Morgan fingerprint density at radius 3 is 2.24 bits per heavy atom. The van der Waals surface area contributed by atoms with Crippen molar-refractivity contribution >= 4 is 33.6 Å². The van der Waals surface area contributed by atoms with Crippen molar-refractivity contribution in [2.75, 3.05) is 72.1 Å². The van der Waals surface area contributed by atoms with E-state index < -0.39 is 6.43 Å². The molecule has 11 rings (SSSR count). The Bertz CT molecular complexity index is 3420. The number of nitriles is 1. The zero-order valence-electron chi connectivity index (χ0n) is 42.9. The second kappa shape index (κ2) is 20.8. The number of ether oxygens (including phenoxy) is 1. The molecule has 4 aromatic carbocycles. The zero-order chi connectivity index (χ0) is 52.1. The molecule has 2 fully saturated rings. The maximum Gasteiger partial charge on any atom is 0.265 e. The van der Waals surface area contributed by atoms with Gasteiger partial charge in [0.25, 0.3) is 17.9 Å². The van der Waals surface area contributed by atoms with E-state index >= 15 is 9.59 Å². The highest BCUT2D eigenvalue weighted by Gasteiger charge is 2.36. The molecule has 1 N–H and O–H groups in total. The van der Waals surface area contributed by atoms with Crippen molar-refractivity contribution in [1.29, 1.82) is 5.26 Å². The van der Waals surface area contributed by atoms with E-state index in [0.29, 0.717) is 108 Å². The van der Waals surface area contributed by atoms with Gasteiger partial charge in [-0.25, -0.2) is 8.78 Å². The predicted octanol–water partition coefficient (Wildman–Crippen LogP) is 7.43. The minimum Gasteiger partial charge on any atom is -0.508 e. The number of benzene rings is 4. The number of fused-ring (bicyclic) bond motifs is 5. The van der Waals surface area contributed by atoms with Gasteiger partial charge < -0.3 is 33.7 Å². The molecule has 4 aliphatic heterocycles. The second-order valence-electron chi connectivity index (χ2n) is 20.8. The van der Waals surface area contributed by atoms with Crippen LogP contribution in [-0.2, 0) is 51.2 Å². The molecule has 16 heteroatoms. The van der Waals surface area contributed by atoms with Crippen molar-refractivity contribution in [1.82, 2.24) is 38.2 Å². The van der Waals surface area contributed by atoms with Crippen molar-refractivity contribution in [3.05, 3.63) is 146 Å². The summed E-state index contributed by atoms with van der Waals surface area (Å²) >= 11 is 0. The summed E-state index contributed by atoms with van der Waals surface area (Å²) in [6.07, 6.45) is 1.43. The first-order valence-corrected chi connectivity index (χ1v) is 26.2. The normalized spacial score (nSPS) is 17.5. The van der Waals surface area contributed by atoms with Gasteiger partial charge in [-0.3, -0.25) is 28.8 Å². The lowest BCUT2D eigenvalue weighted by atomic mass is 9.89. The molecule has 1 atom stereocenters. The van der Waals surface area contributed by atoms with Crippen LogP contribution < -0.4 is 10.3 Å². The molecule has 7 heterocycles. The Balaban J connectivity index is 0.926. The third-order valence-electron chi connectivity index (χ3n) is 16.3. The van der Waals surface area contributed by atoms with Crippen molar-refractivity contribution in [2.24, 2.45) is 14.1 Å². The molecule has 4 aliphatic rings. The van der Waals surface area contributed by atoms with Gasteiger partial charge in [0, 0.05) is 107 Å². The Morgan fingerprint density at radius 2 is 1.52 bits per heavy atom. The number of pyridine rings is 1. The average molecular weight is 1020 g/mol. The molecule has 75 heavy (non-hydrogen) atoms. The van der Waals surface area contributed by atoms with E-state index in [-0.39, 0.29) is 42.1 Å². The number of likely N-dealkylation sites (tertiary alicyclic amines) is 1. The van der Waals surface area contributed by atoms with Crippen LogP contribution in [0.5, 0.6) is 11.5 Å². The zero-order valence-corrected chi connectivity index (χ0v) is 42.9. The lowest BCUT2D eigenvalue weighted by Gasteiger charge is -2.39. The smallest absolute Gasteiger partial charge is 0.265 e. The molecule has 0 aliphatic carbocycles. The number of alkyl halides is 2. The largest absolute Gasteiger partial charge is 0.508 e. The van der Waals surface area contributed by atoms with Crippen LogP contribution in [0.4, 0.5) is 8.78 Å². The topological polar surface area (TPSA) is 135 Å². The number of piperazine rings is 1. The fourth-order valence-corrected chi connectivity index (χ4v) is 12.1. The SMILES string of the molecule is Cc1c2c(c(C#N)n1C)c1c(cc(-c3cc4c(cc3C(=O)N3Cc5ccccc5C[C@H]3CN3CCCC3)CN(C(=O)Cc3ccc(OCCN5CCN(CC(F)F)CC5)cc3)CC4)n1C)c(=O)n2-c1ccc(O)cc1. The maximum absolute atomic E-state index is 15.8. The van der Waals surface area contributed by atoms with Gasteiger partial charge in [-0.1, -0.05) is 36.4 Å². The number of aromatic hydroxyl groups is 1. The van der Waals surface area contributed by atoms with Gasteiger partial charge in [0.1, 0.15) is 29.9 Å². The molecule has 388 valence electrons. The van der Waals surface area contributed by atoms with E-state index in [1.54, 1.807) is 33.7 Å². The maximum atomic E-state index is 15.8. The number of carbonyl (C=O) groups is 2. The first kappa shape index (κ1) is 49.9. The van der Waals surface area contributed by atoms with Gasteiger partial charge >= 0.3 is 0 Å². The summed E-state index contributed by atoms with van der Waals surface area (Å²) in [7, 11) is 3.72. The number of hydrogen-bond acceptors (Lipinski definition) is 9. The van der Waals surface area contributed by atoms with E-state index in [4.69, 9.17) is 4.74 Å². The molecular weight excluding hydrogens is 953 g/mol. The molecular formula is C59H63F2N9O5. The highest BCUT2D eigenvalue weighted by Crippen LogP contribution is 2.40. The van der Waals surface area contributed by atoms with Crippen LogP contribution in [0.3, 0.4) is 0 Å². The number of carbonyl (C=O) groups excluding carboxylic acids is 2. The molecule has 14 nitrogen and oxygen atoms in total. The quantitative estimate of drug-likeness (QED) is 0.125. The summed E-state index contributed by atoms with van der Waals surface area (Å²) in [6.45, 7) is 9.57. The second-order valence-corrected chi connectivity index (χ2v) is 20.8. The first-order valence-electron chi connectivity index (χ1n) is 26.2. The minimum atomic E-state index is -2.32. The summed E-state index contributed by atoms with van der Waals surface area (Å²) in [5, 5.41) is 21.9. The summed E-state index contributed by atoms with van der Waals surface area (Å²) in [5.41, 5.74) is 9.53. The number of aryl methyl sites for hydroxylation is 2. The number of phenolic OH excluding ortho intramolecular Hbond substituents is 1. The number of hydrogen-bond donors (Lipinski definition) is 1. The lowest BCUT2D eigenvalue weighted by molar-refractivity contribution is -0.131. The van der Waals surface area contributed by atoms with E-state index in [9.17, 15) is 23.9 Å². The minimum absolute atomic E-state index is 0.0235. The molecule has 3 aromatic heterocycles. The van der Waals surface area contributed by atoms with Crippen LogP contribution >= 0.6 is 0 Å². The Kier molecular flexibility index (Phi) is 13.8. The first-order chi connectivity index (χ1) is 36.3. The van der Waals surface area contributed by atoms with Crippen LogP contribution in [0, 0.1) is 18.3 Å². The van der Waals surface area contributed by atoms with Gasteiger partial charge in [-0.15, -0.1) is 0 Å². The van der Waals surface area contributed by atoms with Crippen molar-refractivity contribution in [2.45, 2.75) is 64.6 Å². The highest BCUT2D eigenvalue weighted by molar-refractivity contribution is 6.11. The number of phenols is 1. The van der Waals surface area contributed by atoms with Crippen molar-refractivity contribution in [3.8, 4) is 34.5 Å². The van der Waals surface area contributed by atoms with Crippen molar-refractivity contribution < 1.29 is 28.2 Å². The number of aromatic nitrogens is 3. The van der Waals surface area contributed by atoms with E-state index in [1.165, 1.54) is 5.56 Å². The summed E-state index contributed by atoms with van der Waals surface area (Å²) < 4.78 is 37.1. The molecule has 0 unspecified atom stereocenters. The molecule has 0 spiro atoms. The highest BCUT2D eigenvalue weighted by atomic mass is 19.3. The van der Waals surface area contributed by atoms with E-state index in [2.05, 4.69) is 40.1 Å². The molecule has 0 bridgehead atoms. The van der Waals surface area contributed by atoms with Crippen LogP contribution in [0.2, 0.25) is 0 Å². The third kappa shape index (κ3) is 9.69. The van der Waals surface area contributed by atoms with Crippen LogP contribution in [0.1, 0.15) is 62.4 Å². The van der Waals surface area contributed by atoms with Gasteiger partial charge in [-0.2, -0.15) is 5.26 Å². The number of nitrogens with zero attached hydrogens (tertiary/aromatic N) is 9. The molecule has 2 amide bonds. The Hall–Kier alpha value is -7.32. The monoisotopic (exact) mass is 1020 g/mol. The lowest BCUT2D eigenvalue weighted by Crippen LogP contribution is -2.49. The van der Waals surface area contributed by atoms with Crippen LogP contribution in [0.15, 0.2) is 95.8 Å². The standard InChI is InChI=1S/C59H63F2N9O5/c1-38-56-55(52(33-62)63(38)2)57-50(59(74)70(56)44-12-14-46(71)15-13-44)32-51(64(57)3)48-30-41-18-21-68(54(72)28-39-10-16-47(17-11-39)75-27-26-65-22-24-67(25-23-65)37-53(60)61)34-43(41)31-49(48)58(73)69-35-42-9-5-4-8-40(42)29-45(69)36-66-19-6-7-20-66/h4-5,8-17,30-32,45,53,71H,6-7,18-29,34-37H2,1-3H3/t45-/m0/s1. The Labute approximate surface area is 435 Å². The van der Waals surface area contributed by atoms with Gasteiger partial charge in [0.15, 0.2) is 0 Å². The third-order valence-corrected chi connectivity index (χ3v) is 16.3. The number of rotatable bonds is 13. The van der Waals surface area contributed by atoms with E-state index in [1.807, 2.05) is 82.4 Å². The van der Waals surface area contributed by atoms with Gasteiger partial charge in [-0.05, 0) is 128 Å². The van der Waals surface area contributed by atoms with E-state index in [0.717, 1.165) is 79.9 Å². The average Bonchev–Trinajstić information content (AvgIpc) is 4.19. The molecule has 7 aromatic rings. The molecule has 0 saturated carbocycles. The van der Waals surface area contributed by atoms with Crippen LogP contribution in [0.25, 0.3) is 38.8 Å². The fraction of sp³-hybridized carbons (Fsp3) is 0.390. The van der Waals surface area contributed by atoms with Crippen LogP contribution in [-0.4, -0.2) is 140 Å². The molecule has 0 radical (unpaired) electrons. The predicted molar refractivity (Wildman–Crippen MR) is 285 cm³/mol. The van der Waals surface area contributed by atoms with Gasteiger partial charge in [0.05, 0.1) is 34.8 Å². The number of amides is 2. The molecule has 2 saturated heterocycles.